The molecule has 0 atom stereocenters. The maximum atomic E-state index is 12.5. The minimum Gasteiger partial charge on any atom is -0.335 e. The number of halogens is 3. The van der Waals surface area contributed by atoms with Crippen molar-refractivity contribution in [3.63, 3.8) is 0 Å². The Morgan fingerprint density at radius 3 is 2.61 bits per heavy atom. The van der Waals surface area contributed by atoms with Gasteiger partial charge in [0.2, 0.25) is 0 Å². The van der Waals surface area contributed by atoms with Crippen LogP contribution in [0.25, 0.3) is 0 Å². The van der Waals surface area contributed by atoms with Crippen LogP contribution in [0.2, 0.25) is 0 Å². The highest BCUT2D eigenvalue weighted by molar-refractivity contribution is 5.94. The first-order valence-corrected chi connectivity index (χ1v) is 5.47. The zero-order valence-electron chi connectivity index (χ0n) is 10.00. The van der Waals surface area contributed by atoms with Crippen LogP contribution in [-0.2, 0) is 6.18 Å². The number of rotatable bonds is 4. The zero-order valence-corrected chi connectivity index (χ0v) is 10.00. The molecule has 0 saturated carbocycles. The molecule has 0 aliphatic heterocycles. The van der Waals surface area contributed by atoms with Crippen LogP contribution in [0.5, 0.6) is 0 Å². The number of carbonyl (C=O) groups excluding carboxylic acids is 1. The third-order valence-corrected chi connectivity index (χ3v) is 2.46. The van der Waals surface area contributed by atoms with Gasteiger partial charge in [-0.3, -0.25) is 4.79 Å². The predicted molar refractivity (Wildman–Crippen MR) is 63.2 cm³/mol. The van der Waals surface area contributed by atoms with Crippen molar-refractivity contribution in [2.75, 3.05) is 13.1 Å². The Balaban J connectivity index is 3.03. The van der Waals surface area contributed by atoms with E-state index in [1.165, 1.54) is 23.1 Å². The van der Waals surface area contributed by atoms with E-state index < -0.39 is 17.6 Å². The van der Waals surface area contributed by atoms with E-state index in [-0.39, 0.29) is 5.56 Å². The highest BCUT2D eigenvalue weighted by Gasteiger charge is 2.31. The largest absolute Gasteiger partial charge is 0.416 e. The van der Waals surface area contributed by atoms with Gasteiger partial charge in [-0.15, -0.1) is 6.58 Å². The minimum atomic E-state index is -4.44. The van der Waals surface area contributed by atoms with Crippen LogP contribution in [0.4, 0.5) is 13.2 Å². The molecule has 0 bridgehead atoms. The average Bonchev–Trinajstić information content (AvgIpc) is 2.34. The number of alkyl halides is 3. The molecule has 0 radical (unpaired) electrons. The van der Waals surface area contributed by atoms with Crippen LogP contribution in [0.1, 0.15) is 22.8 Å². The molecule has 18 heavy (non-hydrogen) atoms. The summed E-state index contributed by atoms with van der Waals surface area (Å²) in [5.74, 6) is -0.427. The Morgan fingerprint density at radius 1 is 1.44 bits per heavy atom. The number of benzene rings is 1. The Hall–Kier alpha value is -1.78. The summed E-state index contributed by atoms with van der Waals surface area (Å²) >= 11 is 0. The number of carbonyl (C=O) groups is 1. The first-order valence-electron chi connectivity index (χ1n) is 5.47. The molecule has 0 heterocycles. The maximum absolute atomic E-state index is 12.5. The van der Waals surface area contributed by atoms with Gasteiger partial charge in [0, 0.05) is 18.7 Å². The second-order valence-electron chi connectivity index (χ2n) is 3.71. The minimum absolute atomic E-state index is 0.0357. The SMILES string of the molecule is C=CCN(CC)C(=O)c1cccc(C(F)(F)F)c1. The molecule has 0 unspecified atom stereocenters. The number of amides is 1. The second-order valence-corrected chi connectivity index (χ2v) is 3.71. The van der Waals surface area contributed by atoms with Crippen molar-refractivity contribution in [1.82, 2.24) is 4.90 Å². The van der Waals surface area contributed by atoms with Crippen molar-refractivity contribution in [3.05, 3.63) is 48.0 Å². The smallest absolute Gasteiger partial charge is 0.335 e. The molecule has 0 spiro atoms. The Kier molecular flexibility index (Phi) is 4.53. The molecule has 0 aliphatic carbocycles. The molecule has 1 rings (SSSR count). The summed E-state index contributed by atoms with van der Waals surface area (Å²) in [5, 5.41) is 0. The van der Waals surface area contributed by atoms with Gasteiger partial charge in [-0.2, -0.15) is 13.2 Å². The van der Waals surface area contributed by atoms with E-state index in [1.54, 1.807) is 6.92 Å². The summed E-state index contributed by atoms with van der Waals surface area (Å²) in [4.78, 5) is 13.4. The van der Waals surface area contributed by atoms with Crippen LogP contribution < -0.4 is 0 Å². The summed E-state index contributed by atoms with van der Waals surface area (Å²) < 4.78 is 37.6. The lowest BCUT2D eigenvalue weighted by Crippen LogP contribution is -2.31. The van der Waals surface area contributed by atoms with E-state index in [4.69, 9.17) is 0 Å². The van der Waals surface area contributed by atoms with Crippen molar-refractivity contribution in [1.29, 1.82) is 0 Å². The molecule has 0 aromatic heterocycles. The lowest BCUT2D eigenvalue weighted by atomic mass is 10.1. The van der Waals surface area contributed by atoms with Gasteiger partial charge in [0.25, 0.3) is 5.91 Å². The van der Waals surface area contributed by atoms with Crippen LogP contribution >= 0.6 is 0 Å². The summed E-state index contributed by atoms with van der Waals surface area (Å²) in [7, 11) is 0. The summed E-state index contributed by atoms with van der Waals surface area (Å²) in [6, 6.07) is 4.43. The van der Waals surface area contributed by atoms with Crippen molar-refractivity contribution < 1.29 is 18.0 Å². The van der Waals surface area contributed by atoms with Gasteiger partial charge in [0.05, 0.1) is 5.56 Å². The zero-order chi connectivity index (χ0) is 13.8. The fourth-order valence-corrected chi connectivity index (χ4v) is 1.52. The van der Waals surface area contributed by atoms with Gasteiger partial charge in [-0.05, 0) is 25.1 Å². The van der Waals surface area contributed by atoms with E-state index in [9.17, 15) is 18.0 Å². The lowest BCUT2D eigenvalue weighted by molar-refractivity contribution is -0.137. The van der Waals surface area contributed by atoms with Gasteiger partial charge < -0.3 is 4.90 Å². The van der Waals surface area contributed by atoms with Crippen LogP contribution in [0, 0.1) is 0 Å². The number of hydrogen-bond acceptors (Lipinski definition) is 1. The van der Waals surface area contributed by atoms with E-state index in [0.29, 0.717) is 13.1 Å². The van der Waals surface area contributed by atoms with Crippen molar-refractivity contribution in [3.8, 4) is 0 Å². The molecule has 5 heteroatoms. The lowest BCUT2D eigenvalue weighted by Gasteiger charge is -2.19. The van der Waals surface area contributed by atoms with E-state index in [1.807, 2.05) is 0 Å². The van der Waals surface area contributed by atoms with Gasteiger partial charge in [0.15, 0.2) is 0 Å². The molecular formula is C13H14F3NO. The van der Waals surface area contributed by atoms with Crippen LogP contribution in [0.3, 0.4) is 0 Å². The maximum Gasteiger partial charge on any atom is 0.416 e. The quantitative estimate of drug-likeness (QED) is 0.757. The summed E-state index contributed by atoms with van der Waals surface area (Å²) in [6.07, 6.45) is -2.90. The van der Waals surface area contributed by atoms with Gasteiger partial charge in [-0.25, -0.2) is 0 Å². The highest BCUT2D eigenvalue weighted by Crippen LogP contribution is 2.29. The topological polar surface area (TPSA) is 20.3 Å². The van der Waals surface area contributed by atoms with Gasteiger partial charge in [-0.1, -0.05) is 12.1 Å². The highest BCUT2D eigenvalue weighted by atomic mass is 19.4. The first kappa shape index (κ1) is 14.3. The molecule has 0 saturated heterocycles. The molecule has 1 aromatic rings. The normalized spacial score (nSPS) is 11.1. The Bertz CT molecular complexity index is 440. The predicted octanol–water partition coefficient (Wildman–Crippen LogP) is 3.35. The molecule has 2 nitrogen and oxygen atoms in total. The molecule has 1 amide bonds. The summed E-state index contributed by atoms with van der Waals surface area (Å²) in [5.41, 5.74) is -0.781. The number of hydrogen-bond donors (Lipinski definition) is 0. The fraction of sp³-hybridized carbons (Fsp3) is 0.308. The molecule has 0 aliphatic rings. The van der Waals surface area contributed by atoms with Crippen LogP contribution in [0.15, 0.2) is 36.9 Å². The molecular weight excluding hydrogens is 243 g/mol. The molecule has 98 valence electrons. The fourth-order valence-electron chi connectivity index (χ4n) is 1.52. The molecule has 0 fully saturated rings. The third-order valence-electron chi connectivity index (χ3n) is 2.46. The van der Waals surface area contributed by atoms with Crippen molar-refractivity contribution in [2.24, 2.45) is 0 Å². The molecule has 0 N–H and O–H groups in total. The number of likely N-dealkylation sites (N-methyl/N-ethyl adjacent to an activating group) is 1. The van der Waals surface area contributed by atoms with E-state index >= 15 is 0 Å². The van der Waals surface area contributed by atoms with E-state index in [0.717, 1.165) is 12.1 Å². The molecule has 1 aromatic carbocycles. The third kappa shape index (κ3) is 3.35. The number of nitrogens with zero attached hydrogens (tertiary/aromatic N) is 1. The summed E-state index contributed by atoms with van der Waals surface area (Å²) in [6.45, 7) is 6.00. The monoisotopic (exact) mass is 257 g/mol. The van der Waals surface area contributed by atoms with Gasteiger partial charge in [0.1, 0.15) is 0 Å². The van der Waals surface area contributed by atoms with Crippen LogP contribution in [-0.4, -0.2) is 23.9 Å². The second kappa shape index (κ2) is 5.71. The Labute approximate surface area is 104 Å². The van der Waals surface area contributed by atoms with E-state index in [2.05, 4.69) is 6.58 Å². The Morgan fingerprint density at radius 2 is 2.11 bits per heavy atom. The van der Waals surface area contributed by atoms with Crippen molar-refractivity contribution >= 4 is 5.91 Å². The van der Waals surface area contributed by atoms with Gasteiger partial charge >= 0.3 is 6.18 Å². The standard InChI is InChI=1S/C13H14F3NO/c1-3-8-17(4-2)12(18)10-6-5-7-11(9-10)13(14,15)16/h3,5-7,9H,1,4,8H2,2H3. The van der Waals surface area contributed by atoms with Crippen molar-refractivity contribution in [2.45, 2.75) is 13.1 Å². The average molecular weight is 257 g/mol. The first-order chi connectivity index (χ1) is 8.40.